The Hall–Kier alpha value is -3.82. The normalized spacial score (nSPS) is 14.7. The van der Waals surface area contributed by atoms with Gasteiger partial charge in [-0.05, 0) is 29.7 Å². The Bertz CT molecular complexity index is 1010. The number of nitrogens with zero attached hydrogens (tertiary/aromatic N) is 1. The number of hydrogen-bond acceptors (Lipinski definition) is 8. The van der Waals surface area contributed by atoms with Crippen LogP contribution in [0.4, 0.5) is 10.5 Å². The van der Waals surface area contributed by atoms with Crippen LogP contribution in [-0.2, 0) is 11.2 Å². The van der Waals surface area contributed by atoms with Gasteiger partial charge in [0.1, 0.15) is 0 Å². The third-order valence-electron chi connectivity index (χ3n) is 5.54. The van der Waals surface area contributed by atoms with E-state index in [2.05, 4.69) is 5.32 Å². The molecular weight excluding hydrogens is 432 g/mol. The van der Waals surface area contributed by atoms with E-state index < -0.39 is 18.0 Å². The van der Waals surface area contributed by atoms with Gasteiger partial charge < -0.3 is 43.8 Å². The van der Waals surface area contributed by atoms with Gasteiger partial charge in [0.2, 0.25) is 5.75 Å². The Morgan fingerprint density at radius 3 is 2.00 bits per heavy atom. The van der Waals surface area contributed by atoms with Crippen LogP contribution in [-0.4, -0.2) is 59.0 Å². The second-order valence-electron chi connectivity index (χ2n) is 7.29. The fraction of sp³-hybridized carbons (Fsp3) is 0.391. The number of amides is 2. The summed E-state index contributed by atoms with van der Waals surface area (Å²) in [5, 5.41) is 14.3. The molecule has 178 valence electrons. The largest absolute Gasteiger partial charge is 0.550 e. The Labute approximate surface area is 191 Å². The van der Waals surface area contributed by atoms with E-state index in [0.29, 0.717) is 53.0 Å². The third-order valence-corrected chi connectivity index (χ3v) is 5.54. The van der Waals surface area contributed by atoms with Gasteiger partial charge in [0.05, 0.1) is 47.3 Å². The highest BCUT2D eigenvalue weighted by Crippen LogP contribution is 2.41. The molecule has 2 amide bonds. The summed E-state index contributed by atoms with van der Waals surface area (Å²) >= 11 is 0. The van der Waals surface area contributed by atoms with E-state index in [-0.39, 0.29) is 6.42 Å². The van der Waals surface area contributed by atoms with E-state index in [0.717, 1.165) is 5.56 Å². The Kier molecular flexibility index (Phi) is 7.37. The van der Waals surface area contributed by atoms with Crippen molar-refractivity contribution in [2.75, 3.05) is 47.4 Å². The molecule has 0 spiro atoms. The maximum absolute atomic E-state index is 13.2. The molecule has 1 unspecified atom stereocenters. The number of hydrogen-bond donors (Lipinski definition) is 1. The number of ether oxygens (including phenoxy) is 5. The first-order valence-electron chi connectivity index (χ1n) is 10.2. The molecule has 1 atom stereocenters. The number of rotatable bonds is 8. The van der Waals surface area contributed by atoms with Crippen molar-refractivity contribution in [3.05, 3.63) is 35.4 Å². The van der Waals surface area contributed by atoms with Crippen LogP contribution < -0.4 is 34.1 Å². The van der Waals surface area contributed by atoms with Gasteiger partial charge in [-0.1, -0.05) is 0 Å². The third kappa shape index (κ3) is 4.84. The van der Waals surface area contributed by atoms with Crippen molar-refractivity contribution in [2.45, 2.75) is 18.9 Å². The molecule has 0 aliphatic carbocycles. The average Bonchev–Trinajstić information content (AvgIpc) is 2.82. The Balaban J connectivity index is 1.95. The predicted molar refractivity (Wildman–Crippen MR) is 117 cm³/mol. The molecular formula is C23H27N2O8-. The number of methoxy groups -OCH3 is 5. The SMILES string of the molecule is COc1cc2c(cc1OC)C(CC(=O)[O-])N(C(=O)Nc1cc(OC)c(OC)c(OC)c1)CC2. The minimum atomic E-state index is -1.27. The van der Waals surface area contributed by atoms with Crippen LogP contribution in [0.25, 0.3) is 0 Å². The Morgan fingerprint density at radius 2 is 1.48 bits per heavy atom. The van der Waals surface area contributed by atoms with Gasteiger partial charge in [0.15, 0.2) is 23.0 Å². The number of fused-ring (bicyclic) bond motifs is 1. The monoisotopic (exact) mass is 459 g/mol. The first-order chi connectivity index (χ1) is 15.9. The van der Waals surface area contributed by atoms with Crippen molar-refractivity contribution >= 4 is 17.7 Å². The molecule has 3 rings (SSSR count). The van der Waals surface area contributed by atoms with Gasteiger partial charge in [0, 0.05) is 31.1 Å². The lowest BCUT2D eigenvalue weighted by Crippen LogP contribution is -2.44. The minimum absolute atomic E-state index is 0.302. The van der Waals surface area contributed by atoms with E-state index >= 15 is 0 Å². The van der Waals surface area contributed by atoms with E-state index in [9.17, 15) is 14.7 Å². The van der Waals surface area contributed by atoms with Crippen molar-refractivity contribution in [2.24, 2.45) is 0 Å². The highest BCUT2D eigenvalue weighted by molar-refractivity contribution is 5.91. The van der Waals surface area contributed by atoms with Gasteiger partial charge >= 0.3 is 6.03 Å². The number of carbonyl (C=O) groups is 2. The van der Waals surface area contributed by atoms with Crippen LogP contribution in [0.5, 0.6) is 28.7 Å². The highest BCUT2D eigenvalue weighted by atomic mass is 16.5. The molecule has 10 nitrogen and oxygen atoms in total. The number of aliphatic carboxylic acids is 1. The summed E-state index contributed by atoms with van der Waals surface area (Å²) in [4.78, 5) is 26.2. The van der Waals surface area contributed by atoms with Gasteiger partial charge in [0.25, 0.3) is 0 Å². The molecule has 1 N–H and O–H groups in total. The molecule has 2 aromatic rings. The molecule has 2 aromatic carbocycles. The molecule has 0 saturated heterocycles. The molecule has 1 aliphatic rings. The zero-order valence-electron chi connectivity index (χ0n) is 19.2. The second kappa shape index (κ2) is 10.2. The van der Waals surface area contributed by atoms with Gasteiger partial charge in [-0.15, -0.1) is 0 Å². The quantitative estimate of drug-likeness (QED) is 0.637. The van der Waals surface area contributed by atoms with Crippen molar-refractivity contribution in [3.63, 3.8) is 0 Å². The molecule has 0 radical (unpaired) electrons. The van der Waals surface area contributed by atoms with Gasteiger partial charge in [-0.2, -0.15) is 0 Å². The van der Waals surface area contributed by atoms with Gasteiger partial charge in [-0.3, -0.25) is 0 Å². The fourth-order valence-electron chi connectivity index (χ4n) is 4.00. The summed E-state index contributed by atoms with van der Waals surface area (Å²) in [6.45, 7) is 0.302. The van der Waals surface area contributed by atoms with Gasteiger partial charge in [-0.25, -0.2) is 4.79 Å². The van der Waals surface area contributed by atoms with E-state index in [1.54, 1.807) is 18.2 Å². The molecule has 0 bridgehead atoms. The van der Waals surface area contributed by atoms with E-state index in [1.807, 2.05) is 6.07 Å². The second-order valence-corrected chi connectivity index (χ2v) is 7.29. The number of carbonyl (C=O) groups excluding carboxylic acids is 2. The summed E-state index contributed by atoms with van der Waals surface area (Å²) < 4.78 is 26.7. The van der Waals surface area contributed by atoms with Crippen LogP contribution in [0.3, 0.4) is 0 Å². The van der Waals surface area contributed by atoms with Crippen molar-refractivity contribution in [1.29, 1.82) is 0 Å². The highest BCUT2D eigenvalue weighted by Gasteiger charge is 2.32. The molecule has 0 fully saturated rings. The van der Waals surface area contributed by atoms with E-state index in [4.69, 9.17) is 23.7 Å². The number of nitrogens with one attached hydrogen (secondary N) is 1. The Morgan fingerprint density at radius 1 is 0.909 bits per heavy atom. The smallest absolute Gasteiger partial charge is 0.322 e. The molecule has 33 heavy (non-hydrogen) atoms. The zero-order valence-corrected chi connectivity index (χ0v) is 19.2. The predicted octanol–water partition coefficient (Wildman–Crippen LogP) is 2.00. The van der Waals surface area contributed by atoms with Crippen molar-refractivity contribution < 1.29 is 38.4 Å². The van der Waals surface area contributed by atoms with Crippen molar-refractivity contribution in [3.8, 4) is 28.7 Å². The lowest BCUT2D eigenvalue weighted by atomic mass is 9.90. The van der Waals surface area contributed by atoms with Crippen molar-refractivity contribution in [1.82, 2.24) is 4.90 Å². The lowest BCUT2D eigenvalue weighted by Gasteiger charge is -2.38. The number of carboxylic acids is 1. The molecule has 0 saturated carbocycles. The fourth-order valence-corrected chi connectivity index (χ4v) is 4.00. The van der Waals surface area contributed by atoms with E-state index in [1.165, 1.54) is 40.4 Å². The molecule has 10 heteroatoms. The average molecular weight is 459 g/mol. The summed E-state index contributed by atoms with van der Waals surface area (Å²) in [5.74, 6) is 0.859. The van der Waals surface area contributed by atoms with Crippen LogP contribution in [0.2, 0.25) is 0 Å². The number of benzene rings is 2. The molecule has 0 aromatic heterocycles. The topological polar surface area (TPSA) is 119 Å². The van der Waals surface area contributed by atoms with Crippen LogP contribution in [0.1, 0.15) is 23.6 Å². The maximum atomic E-state index is 13.2. The summed E-state index contributed by atoms with van der Waals surface area (Å²) in [5.41, 5.74) is 1.96. The molecule has 1 aliphatic heterocycles. The molecule has 1 heterocycles. The lowest BCUT2D eigenvalue weighted by molar-refractivity contribution is -0.306. The van der Waals surface area contributed by atoms with Crippen LogP contribution >= 0.6 is 0 Å². The first kappa shape index (κ1) is 23.8. The maximum Gasteiger partial charge on any atom is 0.322 e. The zero-order chi connectivity index (χ0) is 24.1. The summed E-state index contributed by atoms with van der Waals surface area (Å²) in [7, 11) is 7.46. The summed E-state index contributed by atoms with van der Waals surface area (Å²) in [6.07, 6.45) is 0.146. The standard InChI is InChI=1S/C23H28N2O8/c1-29-17-8-13-6-7-25(16(12-21(26)27)15(13)11-18(17)30-2)23(28)24-14-9-19(31-3)22(33-5)20(10-14)32-4/h8-11,16H,6-7,12H2,1-5H3,(H,24,28)(H,26,27)/p-1. The number of carboxylic acid groups (broad SMARTS) is 1. The minimum Gasteiger partial charge on any atom is -0.550 e. The summed E-state index contributed by atoms with van der Waals surface area (Å²) in [6, 6.07) is 5.49. The number of anilines is 1. The first-order valence-corrected chi connectivity index (χ1v) is 10.2. The van der Waals surface area contributed by atoms with Crippen LogP contribution in [0, 0.1) is 0 Å². The van der Waals surface area contributed by atoms with Crippen LogP contribution in [0.15, 0.2) is 24.3 Å². The number of urea groups is 1.